The van der Waals surface area contributed by atoms with Gasteiger partial charge in [-0.25, -0.2) is 9.59 Å². The first-order chi connectivity index (χ1) is 14.5. The molecule has 2 aromatic carbocycles. The second kappa shape index (κ2) is 10.4. The second-order valence-electron chi connectivity index (χ2n) is 7.25. The molecule has 30 heavy (non-hydrogen) atoms. The molecule has 3 rings (SSSR count). The molecule has 2 aromatic rings. The molecule has 1 aliphatic carbocycles. The molecular weight excluding hydrogens is 384 g/mol. The Bertz CT molecular complexity index is 878. The van der Waals surface area contributed by atoms with Gasteiger partial charge in [-0.05, 0) is 38.0 Å². The predicted molar refractivity (Wildman–Crippen MR) is 111 cm³/mol. The molecule has 1 fully saturated rings. The summed E-state index contributed by atoms with van der Waals surface area (Å²) < 4.78 is 11.0. The Morgan fingerprint density at radius 3 is 2.40 bits per heavy atom. The van der Waals surface area contributed by atoms with Gasteiger partial charge in [0.1, 0.15) is 12.4 Å². The highest BCUT2D eigenvalue weighted by Crippen LogP contribution is 2.18. The Balaban J connectivity index is 1.54. The van der Waals surface area contributed by atoms with Crippen LogP contribution in [0.2, 0.25) is 0 Å². The summed E-state index contributed by atoms with van der Waals surface area (Å²) in [4.78, 5) is 36.8. The van der Waals surface area contributed by atoms with Crippen molar-refractivity contribution in [3.8, 4) is 5.75 Å². The number of para-hydroxylation sites is 1. The maximum atomic E-state index is 12.6. The number of hydrogen-bond donors (Lipinski definition) is 2. The summed E-state index contributed by atoms with van der Waals surface area (Å²) in [5.74, 6) is -0.639. The molecule has 0 radical (unpaired) electrons. The van der Waals surface area contributed by atoms with Crippen molar-refractivity contribution >= 4 is 17.9 Å². The first kappa shape index (κ1) is 21.4. The molecule has 7 heteroatoms. The number of esters is 1. The maximum Gasteiger partial charge on any atom is 0.339 e. The monoisotopic (exact) mass is 410 g/mol. The third-order valence-electron chi connectivity index (χ3n) is 4.95. The van der Waals surface area contributed by atoms with E-state index < -0.39 is 24.0 Å². The Morgan fingerprint density at radius 2 is 1.67 bits per heavy atom. The van der Waals surface area contributed by atoms with Crippen LogP contribution in [-0.2, 0) is 16.1 Å². The fourth-order valence-electron chi connectivity index (χ4n) is 3.31. The average molecular weight is 410 g/mol. The van der Waals surface area contributed by atoms with Crippen molar-refractivity contribution in [1.29, 1.82) is 0 Å². The number of nitrogens with one attached hydrogen (secondary N) is 2. The van der Waals surface area contributed by atoms with Crippen LogP contribution in [0.3, 0.4) is 0 Å². The van der Waals surface area contributed by atoms with E-state index in [4.69, 9.17) is 9.47 Å². The molecule has 7 nitrogen and oxygen atoms in total. The molecular formula is C23H26N2O5. The minimum Gasteiger partial charge on any atom is -0.489 e. The Morgan fingerprint density at radius 1 is 1.00 bits per heavy atom. The van der Waals surface area contributed by atoms with E-state index in [1.807, 2.05) is 30.3 Å². The lowest BCUT2D eigenvalue weighted by Crippen LogP contribution is -2.47. The summed E-state index contributed by atoms with van der Waals surface area (Å²) in [6.07, 6.45) is 2.85. The van der Waals surface area contributed by atoms with Gasteiger partial charge in [-0.1, -0.05) is 49.2 Å². The van der Waals surface area contributed by atoms with E-state index in [2.05, 4.69) is 10.6 Å². The van der Waals surface area contributed by atoms with Gasteiger partial charge in [0.05, 0.1) is 5.56 Å². The van der Waals surface area contributed by atoms with Gasteiger partial charge in [-0.15, -0.1) is 0 Å². The van der Waals surface area contributed by atoms with E-state index in [0.29, 0.717) is 16.9 Å². The van der Waals surface area contributed by atoms with Crippen molar-refractivity contribution < 1.29 is 23.9 Å². The maximum absolute atomic E-state index is 12.6. The van der Waals surface area contributed by atoms with Crippen LogP contribution in [0.15, 0.2) is 54.6 Å². The highest BCUT2D eigenvalue weighted by atomic mass is 16.5. The first-order valence-electron chi connectivity index (χ1n) is 10.1. The van der Waals surface area contributed by atoms with Crippen molar-refractivity contribution in [2.75, 3.05) is 0 Å². The molecule has 0 spiro atoms. The Kier molecular flexibility index (Phi) is 7.43. The van der Waals surface area contributed by atoms with E-state index in [1.165, 1.54) is 6.92 Å². The normalized spacial score (nSPS) is 14.6. The van der Waals surface area contributed by atoms with Crippen molar-refractivity contribution in [2.24, 2.45) is 0 Å². The SMILES string of the molecule is C[C@@H](OC(=O)c1ccccc1COc1ccccc1)C(=O)NC(=O)NC1CCCC1. The summed E-state index contributed by atoms with van der Waals surface area (Å²) in [6, 6.07) is 15.7. The summed E-state index contributed by atoms with van der Waals surface area (Å²) in [6.45, 7) is 1.61. The van der Waals surface area contributed by atoms with Crippen molar-refractivity contribution in [2.45, 2.75) is 51.4 Å². The summed E-state index contributed by atoms with van der Waals surface area (Å²) in [5.41, 5.74) is 0.946. The largest absolute Gasteiger partial charge is 0.489 e. The number of imide groups is 1. The van der Waals surface area contributed by atoms with E-state index >= 15 is 0 Å². The van der Waals surface area contributed by atoms with Crippen LogP contribution in [0, 0.1) is 0 Å². The molecule has 1 atom stereocenters. The summed E-state index contributed by atoms with van der Waals surface area (Å²) >= 11 is 0. The molecule has 0 aliphatic heterocycles. The van der Waals surface area contributed by atoms with Gasteiger partial charge in [-0.3, -0.25) is 10.1 Å². The molecule has 0 saturated heterocycles. The lowest BCUT2D eigenvalue weighted by Gasteiger charge is -2.16. The van der Waals surface area contributed by atoms with Crippen LogP contribution < -0.4 is 15.4 Å². The summed E-state index contributed by atoms with van der Waals surface area (Å²) in [7, 11) is 0. The minimum absolute atomic E-state index is 0.0900. The molecule has 1 saturated carbocycles. The van der Waals surface area contributed by atoms with Gasteiger partial charge >= 0.3 is 12.0 Å². The molecule has 0 heterocycles. The van der Waals surface area contributed by atoms with Gasteiger partial charge < -0.3 is 14.8 Å². The number of urea groups is 1. The van der Waals surface area contributed by atoms with Crippen LogP contribution in [0.4, 0.5) is 4.79 Å². The van der Waals surface area contributed by atoms with Gasteiger partial charge in [0.15, 0.2) is 6.10 Å². The van der Waals surface area contributed by atoms with E-state index in [9.17, 15) is 14.4 Å². The third-order valence-corrected chi connectivity index (χ3v) is 4.95. The van der Waals surface area contributed by atoms with Crippen molar-refractivity contribution in [3.63, 3.8) is 0 Å². The van der Waals surface area contributed by atoms with E-state index in [0.717, 1.165) is 25.7 Å². The Labute approximate surface area is 175 Å². The van der Waals surface area contributed by atoms with Crippen LogP contribution in [0.5, 0.6) is 5.75 Å². The number of hydrogen-bond acceptors (Lipinski definition) is 5. The summed E-state index contributed by atoms with van der Waals surface area (Å²) in [5, 5.41) is 5.00. The smallest absolute Gasteiger partial charge is 0.339 e. The number of carbonyl (C=O) groups is 3. The van der Waals surface area contributed by atoms with Gasteiger partial charge in [0.2, 0.25) is 0 Å². The zero-order valence-corrected chi connectivity index (χ0v) is 16.9. The van der Waals surface area contributed by atoms with E-state index in [-0.39, 0.29) is 12.6 Å². The average Bonchev–Trinajstić information content (AvgIpc) is 3.26. The van der Waals surface area contributed by atoms with Crippen molar-refractivity contribution in [3.05, 3.63) is 65.7 Å². The first-order valence-corrected chi connectivity index (χ1v) is 10.1. The van der Waals surface area contributed by atoms with Crippen LogP contribution >= 0.6 is 0 Å². The number of ether oxygens (including phenoxy) is 2. The highest BCUT2D eigenvalue weighted by Gasteiger charge is 2.24. The lowest BCUT2D eigenvalue weighted by molar-refractivity contribution is -0.127. The number of carbonyl (C=O) groups excluding carboxylic acids is 3. The molecule has 2 N–H and O–H groups in total. The molecule has 0 aromatic heterocycles. The molecule has 3 amide bonds. The van der Waals surface area contributed by atoms with Crippen molar-refractivity contribution in [1.82, 2.24) is 10.6 Å². The Hall–Kier alpha value is -3.35. The van der Waals surface area contributed by atoms with Crippen LogP contribution in [0.1, 0.15) is 48.5 Å². The molecule has 1 aliphatic rings. The molecule has 158 valence electrons. The number of benzene rings is 2. The number of amides is 3. The van der Waals surface area contributed by atoms with Gasteiger partial charge in [0.25, 0.3) is 5.91 Å². The molecule has 0 bridgehead atoms. The zero-order chi connectivity index (χ0) is 21.3. The topological polar surface area (TPSA) is 93.7 Å². The lowest BCUT2D eigenvalue weighted by atomic mass is 10.1. The molecule has 0 unspecified atom stereocenters. The number of rotatable bonds is 7. The highest BCUT2D eigenvalue weighted by molar-refractivity contribution is 5.98. The van der Waals surface area contributed by atoms with Crippen LogP contribution in [-0.4, -0.2) is 30.1 Å². The predicted octanol–water partition coefficient (Wildman–Crippen LogP) is 3.58. The standard InChI is InChI=1S/C23H26N2O5/c1-16(21(26)25-23(28)24-18-10-6-7-11-18)30-22(27)20-14-8-5-9-17(20)15-29-19-12-3-2-4-13-19/h2-5,8-9,12-14,16,18H,6-7,10-11,15H2,1H3,(H2,24,25,26,28)/t16-/m1/s1. The quantitative estimate of drug-likeness (QED) is 0.681. The van der Waals surface area contributed by atoms with Crippen LogP contribution in [0.25, 0.3) is 0 Å². The minimum atomic E-state index is -1.12. The zero-order valence-electron chi connectivity index (χ0n) is 16.9. The fourth-order valence-corrected chi connectivity index (χ4v) is 3.31. The third kappa shape index (κ3) is 6.07. The fraction of sp³-hybridized carbons (Fsp3) is 0.348. The van der Waals surface area contributed by atoms with E-state index in [1.54, 1.807) is 24.3 Å². The van der Waals surface area contributed by atoms with Gasteiger partial charge in [0, 0.05) is 11.6 Å². The van der Waals surface area contributed by atoms with Gasteiger partial charge in [-0.2, -0.15) is 0 Å². The second-order valence-corrected chi connectivity index (χ2v) is 7.25.